The van der Waals surface area contributed by atoms with Crippen LogP contribution in [0, 0.1) is 5.41 Å². The third kappa shape index (κ3) is 5.15. The van der Waals surface area contributed by atoms with E-state index in [2.05, 4.69) is 4.52 Å². The second kappa shape index (κ2) is 4.61. The van der Waals surface area contributed by atoms with E-state index in [1.807, 2.05) is 20.8 Å². The van der Waals surface area contributed by atoms with E-state index in [0.29, 0.717) is 0 Å². The fraction of sp³-hybridized carbons (Fsp3) is 1.00. The summed E-state index contributed by atoms with van der Waals surface area (Å²) in [6.45, 7) is 2.45. The van der Waals surface area contributed by atoms with Crippen LogP contribution in [-0.2, 0) is 9.09 Å². The van der Waals surface area contributed by atoms with Gasteiger partial charge in [0.25, 0.3) is 0 Å². The Bertz CT molecular complexity index is 173. The molecule has 0 aliphatic carbocycles. The van der Waals surface area contributed by atoms with Crippen LogP contribution in [0.2, 0.25) is 0 Å². The molecule has 1 unspecified atom stereocenters. The van der Waals surface area contributed by atoms with Gasteiger partial charge in [0.15, 0.2) is 0 Å². The normalized spacial score (nSPS) is 17.4. The number of hydrogen-bond donors (Lipinski definition) is 1. The number of rotatable bonds is 5. The fourth-order valence-corrected chi connectivity index (χ4v) is 1.31. The zero-order chi connectivity index (χ0) is 9.83. The van der Waals surface area contributed by atoms with E-state index in [-0.39, 0.29) is 12.0 Å². The van der Waals surface area contributed by atoms with Crippen molar-refractivity contribution in [1.82, 2.24) is 0 Å². The van der Waals surface area contributed by atoms with E-state index in [4.69, 9.17) is 16.1 Å². The molecule has 12 heavy (non-hydrogen) atoms. The van der Waals surface area contributed by atoms with Gasteiger partial charge in [0, 0.05) is 11.2 Å². The van der Waals surface area contributed by atoms with Crippen LogP contribution in [0.3, 0.4) is 0 Å². The summed E-state index contributed by atoms with van der Waals surface area (Å²) in [5, 5.41) is 0. The number of hydrogen-bond acceptors (Lipinski definition) is 2. The highest BCUT2D eigenvalue weighted by Gasteiger charge is 2.24. The molecule has 0 spiro atoms. The van der Waals surface area contributed by atoms with Crippen molar-refractivity contribution >= 4 is 18.2 Å². The van der Waals surface area contributed by atoms with E-state index in [0.717, 1.165) is 12.8 Å². The number of halogens is 1. The van der Waals surface area contributed by atoms with Gasteiger partial charge in [-0.05, 0) is 18.3 Å². The Morgan fingerprint density at radius 3 is 2.17 bits per heavy atom. The van der Waals surface area contributed by atoms with Crippen LogP contribution in [0.1, 0.15) is 33.6 Å². The van der Waals surface area contributed by atoms with Crippen LogP contribution in [0.15, 0.2) is 0 Å². The lowest BCUT2D eigenvalue weighted by atomic mass is 9.86. The Hall–Kier alpha value is 0.440. The molecule has 0 radical (unpaired) electrons. The molecule has 0 heterocycles. The third-order valence-electron chi connectivity index (χ3n) is 2.28. The molecule has 74 valence electrons. The molecule has 0 aromatic rings. The maximum atomic E-state index is 10.6. The van der Waals surface area contributed by atoms with Crippen molar-refractivity contribution in [3.8, 4) is 0 Å². The van der Waals surface area contributed by atoms with E-state index >= 15 is 0 Å². The molecule has 0 aromatic heterocycles. The third-order valence-corrected chi connectivity index (χ3v) is 3.02. The molecule has 1 N–H and O–H groups in total. The Morgan fingerprint density at radius 2 is 1.92 bits per heavy atom. The Labute approximate surface area is 78.4 Å². The highest BCUT2D eigenvalue weighted by Crippen LogP contribution is 2.49. The molecule has 0 aliphatic rings. The monoisotopic (exact) mass is 214 g/mol. The smallest absolute Gasteiger partial charge is 0.313 e. The molecule has 0 bridgehead atoms. The zero-order valence-electron chi connectivity index (χ0n) is 7.71. The van der Waals surface area contributed by atoms with Gasteiger partial charge in [-0.3, -0.25) is 4.52 Å². The summed E-state index contributed by atoms with van der Waals surface area (Å²) < 4.78 is 15.2. The Morgan fingerprint density at radius 1 is 1.50 bits per heavy atom. The van der Waals surface area contributed by atoms with Gasteiger partial charge in [-0.2, -0.15) is 0 Å². The van der Waals surface area contributed by atoms with Crippen LogP contribution < -0.4 is 0 Å². The first-order valence-corrected chi connectivity index (χ1v) is 6.48. The van der Waals surface area contributed by atoms with Crippen molar-refractivity contribution in [3.63, 3.8) is 0 Å². The zero-order valence-corrected chi connectivity index (χ0v) is 9.36. The summed E-state index contributed by atoms with van der Waals surface area (Å²) in [7, 11) is 0. The van der Waals surface area contributed by atoms with Crippen LogP contribution in [0.4, 0.5) is 0 Å². The molecule has 0 aliphatic heterocycles. The molecule has 1 atom stereocenters. The molecule has 3 nitrogen and oxygen atoms in total. The summed E-state index contributed by atoms with van der Waals surface area (Å²) in [6.07, 6.45) is 1.81. The van der Waals surface area contributed by atoms with Crippen molar-refractivity contribution in [1.29, 1.82) is 0 Å². The van der Waals surface area contributed by atoms with Gasteiger partial charge in [-0.15, -0.1) is 0 Å². The average molecular weight is 215 g/mol. The second-order valence-corrected chi connectivity index (χ2v) is 5.69. The molecule has 0 fully saturated rings. The molecule has 0 saturated carbocycles. The summed E-state index contributed by atoms with van der Waals surface area (Å²) in [5.41, 5.74) is -0.0483. The Kier molecular flexibility index (Phi) is 4.78. The minimum atomic E-state index is -3.82. The predicted octanol–water partition coefficient (Wildman–Crippen LogP) is 3.17. The first-order valence-electron chi connectivity index (χ1n) is 4.00. The van der Waals surface area contributed by atoms with E-state index in [1.54, 1.807) is 0 Å². The fourth-order valence-electron chi connectivity index (χ4n) is 0.690. The highest BCUT2D eigenvalue weighted by atomic mass is 35.7. The quantitative estimate of drug-likeness (QED) is 0.715. The van der Waals surface area contributed by atoms with Gasteiger partial charge < -0.3 is 4.89 Å². The highest BCUT2D eigenvalue weighted by molar-refractivity contribution is 7.80. The summed E-state index contributed by atoms with van der Waals surface area (Å²) >= 11 is 5.04. The van der Waals surface area contributed by atoms with E-state index in [1.165, 1.54) is 0 Å². The van der Waals surface area contributed by atoms with Crippen LogP contribution in [-0.4, -0.2) is 11.5 Å². The maximum absolute atomic E-state index is 10.6. The van der Waals surface area contributed by atoms with Gasteiger partial charge in [0.1, 0.15) is 0 Å². The molecule has 0 rings (SSSR count). The van der Waals surface area contributed by atoms with Crippen molar-refractivity contribution in [3.05, 3.63) is 0 Å². The molecule has 0 amide bonds. The summed E-state index contributed by atoms with van der Waals surface area (Å²) in [6, 6.07) is 0. The van der Waals surface area contributed by atoms with Crippen LogP contribution in [0.25, 0.3) is 0 Å². The van der Waals surface area contributed by atoms with E-state index in [9.17, 15) is 4.57 Å². The predicted molar refractivity (Wildman–Crippen MR) is 50.3 cm³/mol. The molecular weight excluding hydrogens is 199 g/mol. The molecule has 5 heteroatoms. The summed E-state index contributed by atoms with van der Waals surface area (Å²) in [4.78, 5) is 8.67. The Balaban J connectivity index is 3.98. The van der Waals surface area contributed by atoms with Gasteiger partial charge in [0.05, 0.1) is 6.61 Å². The SMILES string of the molecule is CCC(C)(CC)COP(=O)(O)Cl. The minimum Gasteiger partial charge on any atom is -0.313 e. The standard InChI is InChI=1S/C7H16ClO3P/c1-4-7(3,5-2)6-11-12(8,9)10/h4-6H2,1-3H3,(H,9,10). The van der Waals surface area contributed by atoms with E-state index < -0.39 is 6.95 Å². The summed E-state index contributed by atoms with van der Waals surface area (Å²) in [5.74, 6) is 0. The van der Waals surface area contributed by atoms with Crippen molar-refractivity contribution in [2.45, 2.75) is 33.6 Å². The van der Waals surface area contributed by atoms with Crippen LogP contribution >= 0.6 is 18.2 Å². The lowest BCUT2D eigenvalue weighted by Crippen LogP contribution is -2.20. The lowest BCUT2D eigenvalue weighted by molar-refractivity contribution is 0.143. The molecule has 0 saturated heterocycles. The first-order chi connectivity index (χ1) is 5.33. The minimum absolute atomic E-state index is 0.0483. The van der Waals surface area contributed by atoms with Gasteiger partial charge in [-0.1, -0.05) is 20.8 Å². The first kappa shape index (κ1) is 12.4. The topological polar surface area (TPSA) is 46.5 Å². The second-order valence-electron chi connectivity index (χ2n) is 3.24. The molecule has 0 aromatic carbocycles. The van der Waals surface area contributed by atoms with Crippen molar-refractivity contribution in [2.75, 3.05) is 6.61 Å². The van der Waals surface area contributed by atoms with Gasteiger partial charge in [0.2, 0.25) is 0 Å². The van der Waals surface area contributed by atoms with Crippen molar-refractivity contribution < 1.29 is 14.0 Å². The molecular formula is C7H16ClO3P. The lowest BCUT2D eigenvalue weighted by Gasteiger charge is -2.25. The van der Waals surface area contributed by atoms with Crippen molar-refractivity contribution in [2.24, 2.45) is 5.41 Å². The maximum Gasteiger partial charge on any atom is 0.421 e. The average Bonchev–Trinajstić information content (AvgIpc) is 1.99. The van der Waals surface area contributed by atoms with Crippen LogP contribution in [0.5, 0.6) is 0 Å². The van der Waals surface area contributed by atoms with Gasteiger partial charge >= 0.3 is 6.95 Å². The largest absolute Gasteiger partial charge is 0.421 e. The van der Waals surface area contributed by atoms with Gasteiger partial charge in [-0.25, -0.2) is 4.57 Å².